The Morgan fingerprint density at radius 1 is 1.27 bits per heavy atom. The number of carbonyl (C=O) groups is 1. The Morgan fingerprint density at radius 3 is 2.73 bits per heavy atom. The van der Waals surface area contributed by atoms with Crippen molar-refractivity contribution in [1.82, 2.24) is 5.32 Å². The third kappa shape index (κ3) is 2.58. The van der Waals surface area contributed by atoms with Gasteiger partial charge in [-0.3, -0.25) is 4.79 Å². The first-order valence-electron chi connectivity index (χ1n) is 5.26. The zero-order chi connectivity index (χ0) is 10.7. The summed E-state index contributed by atoms with van der Waals surface area (Å²) < 4.78 is 0. The lowest BCUT2D eigenvalue weighted by atomic mass is 9.91. The van der Waals surface area contributed by atoms with Crippen LogP contribution in [0.5, 0.6) is 0 Å². The number of Topliss-reactive ketones (excluding diaryl/α,β-unsaturated/α-hetero) is 1. The second-order valence-electron chi connectivity index (χ2n) is 3.89. The molecule has 2 rings (SSSR count). The molecule has 1 N–H and O–H groups in total. The summed E-state index contributed by atoms with van der Waals surface area (Å²) >= 11 is 5.82. The molecule has 1 unspecified atom stereocenters. The third-order valence-corrected chi connectivity index (χ3v) is 3.06. The molecule has 0 radical (unpaired) electrons. The van der Waals surface area contributed by atoms with Crippen molar-refractivity contribution < 1.29 is 4.79 Å². The van der Waals surface area contributed by atoms with Crippen LogP contribution in [0.4, 0.5) is 0 Å². The number of hydrogen-bond donors (Lipinski definition) is 1. The highest BCUT2D eigenvalue weighted by atomic mass is 35.5. The monoisotopic (exact) mass is 223 g/mol. The van der Waals surface area contributed by atoms with Crippen LogP contribution >= 0.6 is 11.6 Å². The van der Waals surface area contributed by atoms with Crippen molar-refractivity contribution in [2.24, 2.45) is 0 Å². The van der Waals surface area contributed by atoms with Gasteiger partial charge in [0.05, 0.1) is 6.54 Å². The van der Waals surface area contributed by atoms with Gasteiger partial charge in [-0.15, -0.1) is 0 Å². The Morgan fingerprint density at radius 2 is 2.00 bits per heavy atom. The minimum absolute atomic E-state index is 0.0530. The summed E-state index contributed by atoms with van der Waals surface area (Å²) in [4.78, 5) is 11.8. The minimum Gasteiger partial charge on any atom is -0.310 e. The Kier molecular flexibility index (Phi) is 3.39. The summed E-state index contributed by atoms with van der Waals surface area (Å²) in [7, 11) is 0. The van der Waals surface area contributed by atoms with Gasteiger partial charge < -0.3 is 5.32 Å². The minimum atomic E-state index is 0.0530. The van der Waals surface area contributed by atoms with Crippen LogP contribution in [0, 0.1) is 0 Å². The standard InChI is InChI=1S/C12H14ClNO/c13-10-5-3-9(4-6-10)11-2-1-7-14-8-12(11)15/h3-6,11,14H,1-2,7-8H2. The summed E-state index contributed by atoms with van der Waals surface area (Å²) in [6, 6.07) is 7.61. The maximum Gasteiger partial charge on any atom is 0.154 e. The molecule has 80 valence electrons. The van der Waals surface area contributed by atoms with Crippen LogP contribution in [0.25, 0.3) is 0 Å². The quantitative estimate of drug-likeness (QED) is 0.792. The van der Waals surface area contributed by atoms with E-state index in [1.165, 1.54) is 0 Å². The second kappa shape index (κ2) is 4.77. The molecule has 1 aliphatic heterocycles. The molecule has 1 atom stereocenters. The van der Waals surface area contributed by atoms with Crippen molar-refractivity contribution in [3.63, 3.8) is 0 Å². The first kappa shape index (κ1) is 10.7. The van der Waals surface area contributed by atoms with E-state index in [0.717, 1.165) is 30.0 Å². The largest absolute Gasteiger partial charge is 0.310 e. The number of carbonyl (C=O) groups excluding carboxylic acids is 1. The molecule has 1 aromatic carbocycles. The number of hydrogen-bond acceptors (Lipinski definition) is 2. The van der Waals surface area contributed by atoms with Gasteiger partial charge in [0, 0.05) is 10.9 Å². The topological polar surface area (TPSA) is 29.1 Å². The normalized spacial score (nSPS) is 22.5. The SMILES string of the molecule is O=C1CNCCCC1c1ccc(Cl)cc1. The molecule has 1 fully saturated rings. The summed E-state index contributed by atoms with van der Waals surface area (Å²) in [6.45, 7) is 1.43. The first-order valence-corrected chi connectivity index (χ1v) is 5.64. The van der Waals surface area contributed by atoms with E-state index in [2.05, 4.69) is 5.32 Å². The van der Waals surface area contributed by atoms with Crippen molar-refractivity contribution >= 4 is 17.4 Å². The lowest BCUT2D eigenvalue weighted by molar-refractivity contribution is -0.119. The molecule has 3 heteroatoms. The Hall–Kier alpha value is -0.860. The van der Waals surface area contributed by atoms with Crippen molar-refractivity contribution in [3.05, 3.63) is 34.9 Å². The van der Waals surface area contributed by atoms with E-state index < -0.39 is 0 Å². The van der Waals surface area contributed by atoms with Gasteiger partial charge in [-0.2, -0.15) is 0 Å². The zero-order valence-electron chi connectivity index (χ0n) is 8.50. The van der Waals surface area contributed by atoms with E-state index >= 15 is 0 Å². The Bertz CT molecular complexity index is 347. The molecule has 1 saturated heterocycles. The summed E-state index contributed by atoms with van der Waals surface area (Å²) in [5, 5.41) is 3.85. The summed E-state index contributed by atoms with van der Waals surface area (Å²) in [6.07, 6.45) is 1.99. The zero-order valence-corrected chi connectivity index (χ0v) is 9.26. The number of ketones is 1. The average Bonchev–Trinajstić information content (AvgIpc) is 2.44. The highest BCUT2D eigenvalue weighted by Crippen LogP contribution is 2.24. The highest BCUT2D eigenvalue weighted by Gasteiger charge is 2.21. The van der Waals surface area contributed by atoms with Crippen LogP contribution in [-0.2, 0) is 4.79 Å². The predicted octanol–water partition coefficient (Wildman–Crippen LogP) is 2.38. The first-order chi connectivity index (χ1) is 7.27. The van der Waals surface area contributed by atoms with Crippen molar-refractivity contribution in [2.45, 2.75) is 18.8 Å². The van der Waals surface area contributed by atoms with Gasteiger partial charge in [0.25, 0.3) is 0 Å². The summed E-state index contributed by atoms with van der Waals surface area (Å²) in [5.74, 6) is 0.340. The Labute approximate surface area is 94.6 Å². The van der Waals surface area contributed by atoms with Gasteiger partial charge >= 0.3 is 0 Å². The molecule has 15 heavy (non-hydrogen) atoms. The van der Waals surface area contributed by atoms with Gasteiger partial charge in [0.2, 0.25) is 0 Å². The lowest BCUT2D eigenvalue weighted by Crippen LogP contribution is -2.23. The highest BCUT2D eigenvalue weighted by molar-refractivity contribution is 6.30. The second-order valence-corrected chi connectivity index (χ2v) is 4.33. The molecule has 0 spiro atoms. The fraction of sp³-hybridized carbons (Fsp3) is 0.417. The van der Waals surface area contributed by atoms with Crippen molar-refractivity contribution in [2.75, 3.05) is 13.1 Å². The van der Waals surface area contributed by atoms with E-state index in [-0.39, 0.29) is 11.7 Å². The summed E-state index contributed by atoms with van der Waals surface area (Å²) in [5.41, 5.74) is 1.09. The predicted molar refractivity (Wildman–Crippen MR) is 61.3 cm³/mol. The van der Waals surface area contributed by atoms with Crippen LogP contribution in [-0.4, -0.2) is 18.9 Å². The molecule has 1 aliphatic rings. The molecule has 1 heterocycles. The van der Waals surface area contributed by atoms with Crippen LogP contribution < -0.4 is 5.32 Å². The smallest absolute Gasteiger partial charge is 0.154 e. The molecule has 1 aromatic rings. The third-order valence-electron chi connectivity index (χ3n) is 2.81. The molecular weight excluding hydrogens is 210 g/mol. The number of benzene rings is 1. The number of rotatable bonds is 1. The van der Waals surface area contributed by atoms with Crippen LogP contribution in [0.1, 0.15) is 24.3 Å². The van der Waals surface area contributed by atoms with Gasteiger partial charge in [0.1, 0.15) is 0 Å². The van der Waals surface area contributed by atoms with E-state index in [0.29, 0.717) is 6.54 Å². The molecule has 0 aliphatic carbocycles. The maximum absolute atomic E-state index is 11.8. The van der Waals surface area contributed by atoms with Crippen molar-refractivity contribution in [1.29, 1.82) is 0 Å². The van der Waals surface area contributed by atoms with Crippen LogP contribution in [0.2, 0.25) is 5.02 Å². The molecule has 0 aromatic heterocycles. The molecule has 0 amide bonds. The van der Waals surface area contributed by atoms with E-state index in [1.54, 1.807) is 0 Å². The fourth-order valence-electron chi connectivity index (χ4n) is 1.97. The van der Waals surface area contributed by atoms with Crippen LogP contribution in [0.15, 0.2) is 24.3 Å². The molecule has 2 nitrogen and oxygen atoms in total. The fourth-order valence-corrected chi connectivity index (χ4v) is 2.10. The maximum atomic E-state index is 11.8. The molecular formula is C12H14ClNO. The van der Waals surface area contributed by atoms with Gasteiger partial charge in [-0.25, -0.2) is 0 Å². The van der Waals surface area contributed by atoms with Crippen LogP contribution in [0.3, 0.4) is 0 Å². The number of halogens is 1. The van der Waals surface area contributed by atoms with Gasteiger partial charge in [0.15, 0.2) is 5.78 Å². The molecule has 0 bridgehead atoms. The van der Waals surface area contributed by atoms with E-state index in [4.69, 9.17) is 11.6 Å². The molecule has 0 saturated carbocycles. The van der Waals surface area contributed by atoms with E-state index in [9.17, 15) is 4.79 Å². The van der Waals surface area contributed by atoms with E-state index in [1.807, 2.05) is 24.3 Å². The van der Waals surface area contributed by atoms with Gasteiger partial charge in [-0.05, 0) is 37.1 Å². The lowest BCUT2D eigenvalue weighted by Gasteiger charge is -2.12. The average molecular weight is 224 g/mol. The Balaban J connectivity index is 2.20. The van der Waals surface area contributed by atoms with Gasteiger partial charge in [-0.1, -0.05) is 23.7 Å². The van der Waals surface area contributed by atoms with Crippen molar-refractivity contribution in [3.8, 4) is 0 Å². The number of nitrogens with one attached hydrogen (secondary N) is 1.